The molecule has 18 heavy (non-hydrogen) atoms. The van der Waals surface area contributed by atoms with Gasteiger partial charge in [0, 0.05) is 12.6 Å². The average Bonchev–Trinajstić information content (AvgIpc) is 2.90. The van der Waals surface area contributed by atoms with Crippen LogP contribution in [0.25, 0.3) is 0 Å². The lowest BCUT2D eigenvalue weighted by molar-refractivity contribution is 0.180. The van der Waals surface area contributed by atoms with Gasteiger partial charge in [0.05, 0.1) is 0 Å². The van der Waals surface area contributed by atoms with Crippen LogP contribution in [0.5, 0.6) is 0 Å². The van der Waals surface area contributed by atoms with Gasteiger partial charge in [-0.2, -0.15) is 0 Å². The molecule has 3 heteroatoms. The van der Waals surface area contributed by atoms with Gasteiger partial charge in [-0.3, -0.25) is 0 Å². The molecule has 2 saturated heterocycles. The third-order valence-corrected chi connectivity index (χ3v) is 4.34. The molecular weight excluding hydrogens is 222 g/mol. The first-order chi connectivity index (χ1) is 8.88. The first-order valence-corrected chi connectivity index (χ1v) is 8.06. The highest BCUT2D eigenvalue weighted by Crippen LogP contribution is 2.12. The van der Waals surface area contributed by atoms with Crippen molar-refractivity contribution in [2.75, 3.05) is 45.8 Å². The van der Waals surface area contributed by atoms with E-state index >= 15 is 0 Å². The quantitative estimate of drug-likeness (QED) is 0.748. The highest BCUT2D eigenvalue weighted by atomic mass is 15.2. The van der Waals surface area contributed by atoms with Crippen LogP contribution in [0.2, 0.25) is 0 Å². The second kappa shape index (κ2) is 8.13. The summed E-state index contributed by atoms with van der Waals surface area (Å²) in [5.74, 6) is 0. The maximum Gasteiger partial charge on any atom is 0.0195 e. The molecule has 2 fully saturated rings. The zero-order valence-electron chi connectivity index (χ0n) is 12.2. The SMILES string of the molecule is CCCNC1CCCN(CCCN2CCCC2)C1. The van der Waals surface area contributed by atoms with Crippen LogP contribution < -0.4 is 5.32 Å². The summed E-state index contributed by atoms with van der Waals surface area (Å²) in [4.78, 5) is 5.31. The van der Waals surface area contributed by atoms with Crippen LogP contribution in [-0.4, -0.2) is 61.7 Å². The first-order valence-electron chi connectivity index (χ1n) is 8.06. The molecule has 0 aliphatic carbocycles. The van der Waals surface area contributed by atoms with Gasteiger partial charge in [-0.15, -0.1) is 0 Å². The van der Waals surface area contributed by atoms with Crippen molar-refractivity contribution in [3.05, 3.63) is 0 Å². The van der Waals surface area contributed by atoms with Gasteiger partial charge >= 0.3 is 0 Å². The van der Waals surface area contributed by atoms with E-state index in [-0.39, 0.29) is 0 Å². The van der Waals surface area contributed by atoms with Crippen LogP contribution in [0.4, 0.5) is 0 Å². The standard InChI is InChI=1S/C15H31N3/c1-2-8-16-15-7-5-11-18(14-15)13-6-12-17-9-3-4-10-17/h15-16H,2-14H2,1H3. The summed E-state index contributed by atoms with van der Waals surface area (Å²) in [6, 6.07) is 0.755. The number of nitrogens with one attached hydrogen (secondary N) is 1. The zero-order valence-corrected chi connectivity index (χ0v) is 12.2. The Balaban J connectivity index is 1.57. The molecule has 0 aromatic carbocycles. The minimum Gasteiger partial charge on any atom is -0.313 e. The van der Waals surface area contributed by atoms with Crippen LogP contribution in [-0.2, 0) is 0 Å². The maximum atomic E-state index is 3.68. The smallest absolute Gasteiger partial charge is 0.0195 e. The van der Waals surface area contributed by atoms with Crippen LogP contribution in [0.1, 0.15) is 45.4 Å². The number of hydrogen-bond donors (Lipinski definition) is 1. The Bertz CT molecular complexity index is 214. The Hall–Kier alpha value is -0.120. The van der Waals surface area contributed by atoms with E-state index in [0.29, 0.717) is 0 Å². The molecule has 0 amide bonds. The Morgan fingerprint density at radius 3 is 2.50 bits per heavy atom. The first kappa shape index (κ1) is 14.3. The summed E-state index contributed by atoms with van der Waals surface area (Å²) in [5, 5.41) is 3.68. The molecule has 0 aromatic heterocycles. The molecule has 0 aromatic rings. The Morgan fingerprint density at radius 2 is 1.72 bits per heavy atom. The van der Waals surface area contributed by atoms with Gasteiger partial charge in [-0.1, -0.05) is 6.92 Å². The normalized spacial score (nSPS) is 26.8. The zero-order chi connectivity index (χ0) is 12.6. The lowest BCUT2D eigenvalue weighted by Crippen LogP contribution is -2.46. The third-order valence-electron chi connectivity index (χ3n) is 4.34. The van der Waals surface area contributed by atoms with Gasteiger partial charge in [-0.25, -0.2) is 0 Å². The molecule has 0 spiro atoms. The van der Waals surface area contributed by atoms with E-state index in [2.05, 4.69) is 22.0 Å². The average molecular weight is 253 g/mol. The summed E-state index contributed by atoms with van der Waals surface area (Å²) in [6.45, 7) is 11.4. The van der Waals surface area contributed by atoms with Crippen LogP contribution in [0.15, 0.2) is 0 Å². The molecule has 2 heterocycles. The van der Waals surface area contributed by atoms with Crippen molar-refractivity contribution >= 4 is 0 Å². The van der Waals surface area contributed by atoms with E-state index in [1.807, 2.05) is 0 Å². The van der Waals surface area contributed by atoms with Gasteiger partial charge in [0.15, 0.2) is 0 Å². The van der Waals surface area contributed by atoms with Gasteiger partial charge in [0.1, 0.15) is 0 Å². The second-order valence-electron chi connectivity index (χ2n) is 6.00. The lowest BCUT2D eigenvalue weighted by Gasteiger charge is -2.33. The second-order valence-corrected chi connectivity index (χ2v) is 6.00. The molecule has 1 atom stereocenters. The fourth-order valence-electron chi connectivity index (χ4n) is 3.30. The van der Waals surface area contributed by atoms with E-state index in [1.54, 1.807) is 0 Å². The number of nitrogens with zero attached hydrogens (tertiary/aromatic N) is 2. The topological polar surface area (TPSA) is 18.5 Å². The molecule has 1 unspecified atom stereocenters. The predicted molar refractivity (Wildman–Crippen MR) is 78.0 cm³/mol. The maximum absolute atomic E-state index is 3.68. The number of hydrogen-bond acceptors (Lipinski definition) is 3. The van der Waals surface area contributed by atoms with Gasteiger partial charge in [0.25, 0.3) is 0 Å². The summed E-state index contributed by atoms with van der Waals surface area (Å²) in [6.07, 6.45) is 8.22. The minimum absolute atomic E-state index is 0.755. The molecule has 3 nitrogen and oxygen atoms in total. The summed E-state index contributed by atoms with van der Waals surface area (Å²) in [5.41, 5.74) is 0. The van der Waals surface area contributed by atoms with E-state index in [1.165, 1.54) is 84.3 Å². The molecule has 1 N–H and O–H groups in total. The number of piperidine rings is 1. The largest absolute Gasteiger partial charge is 0.313 e. The van der Waals surface area contributed by atoms with Crippen molar-refractivity contribution in [3.8, 4) is 0 Å². The molecule has 2 rings (SSSR count). The fraction of sp³-hybridized carbons (Fsp3) is 1.00. The van der Waals surface area contributed by atoms with Crippen LogP contribution in [0.3, 0.4) is 0 Å². The highest BCUT2D eigenvalue weighted by molar-refractivity contribution is 4.78. The molecule has 2 aliphatic rings. The minimum atomic E-state index is 0.755. The van der Waals surface area contributed by atoms with Gasteiger partial charge in [-0.05, 0) is 77.8 Å². The van der Waals surface area contributed by atoms with Crippen molar-refractivity contribution in [3.63, 3.8) is 0 Å². The van der Waals surface area contributed by atoms with Crippen molar-refractivity contribution in [1.82, 2.24) is 15.1 Å². The molecular formula is C15H31N3. The number of likely N-dealkylation sites (tertiary alicyclic amines) is 2. The fourth-order valence-corrected chi connectivity index (χ4v) is 3.30. The molecule has 2 aliphatic heterocycles. The highest BCUT2D eigenvalue weighted by Gasteiger charge is 2.19. The molecule has 0 bridgehead atoms. The molecule has 0 saturated carbocycles. The van der Waals surface area contributed by atoms with E-state index in [4.69, 9.17) is 0 Å². The van der Waals surface area contributed by atoms with Gasteiger partial charge < -0.3 is 15.1 Å². The monoisotopic (exact) mass is 253 g/mol. The summed E-state index contributed by atoms with van der Waals surface area (Å²) >= 11 is 0. The Labute approximate surface area is 113 Å². The summed E-state index contributed by atoms with van der Waals surface area (Å²) in [7, 11) is 0. The van der Waals surface area contributed by atoms with Crippen molar-refractivity contribution in [2.45, 2.75) is 51.5 Å². The van der Waals surface area contributed by atoms with Crippen molar-refractivity contribution in [2.24, 2.45) is 0 Å². The van der Waals surface area contributed by atoms with Gasteiger partial charge in [0.2, 0.25) is 0 Å². The Morgan fingerprint density at radius 1 is 1.00 bits per heavy atom. The van der Waals surface area contributed by atoms with E-state index < -0.39 is 0 Å². The third kappa shape index (κ3) is 4.87. The predicted octanol–water partition coefficient (Wildman–Crippen LogP) is 1.94. The number of rotatable bonds is 7. The van der Waals surface area contributed by atoms with Crippen LogP contribution >= 0.6 is 0 Å². The molecule has 106 valence electrons. The lowest BCUT2D eigenvalue weighted by atomic mass is 10.1. The van der Waals surface area contributed by atoms with Crippen LogP contribution in [0, 0.1) is 0 Å². The summed E-state index contributed by atoms with van der Waals surface area (Å²) < 4.78 is 0. The van der Waals surface area contributed by atoms with Crippen molar-refractivity contribution < 1.29 is 0 Å². The van der Waals surface area contributed by atoms with Crippen molar-refractivity contribution in [1.29, 1.82) is 0 Å². The Kier molecular flexibility index (Phi) is 6.46. The van der Waals surface area contributed by atoms with E-state index in [9.17, 15) is 0 Å². The molecule has 0 radical (unpaired) electrons. The van der Waals surface area contributed by atoms with E-state index in [0.717, 1.165) is 6.04 Å².